The van der Waals surface area contributed by atoms with Crippen molar-refractivity contribution in [3.63, 3.8) is 0 Å². The molecule has 2 atom stereocenters. The molecule has 0 heterocycles. The third-order valence-corrected chi connectivity index (χ3v) is 3.11. The van der Waals surface area contributed by atoms with Gasteiger partial charge in [-0.2, -0.15) is 13.2 Å². The molecule has 0 aliphatic heterocycles. The molecule has 1 N–H and O–H groups in total. The van der Waals surface area contributed by atoms with Crippen LogP contribution in [0.25, 0.3) is 0 Å². The topological polar surface area (TPSA) is 46.2 Å². The van der Waals surface area contributed by atoms with Crippen LogP contribution in [0.2, 0.25) is 0 Å². The third-order valence-electron chi connectivity index (χ3n) is 3.11. The SMILES string of the molecule is O=C(NC1=CC(=O)C(F)C(C(F)(F)F)C1)c1ccccc1. The van der Waals surface area contributed by atoms with Gasteiger partial charge in [0.2, 0.25) is 0 Å². The number of rotatable bonds is 2. The van der Waals surface area contributed by atoms with Crippen LogP contribution in [-0.4, -0.2) is 24.0 Å². The van der Waals surface area contributed by atoms with Gasteiger partial charge in [0.1, 0.15) is 0 Å². The van der Waals surface area contributed by atoms with Gasteiger partial charge in [0.15, 0.2) is 12.0 Å². The highest BCUT2D eigenvalue weighted by Gasteiger charge is 2.49. The van der Waals surface area contributed by atoms with Crippen LogP contribution in [0.3, 0.4) is 0 Å². The summed E-state index contributed by atoms with van der Waals surface area (Å²) in [6.45, 7) is 0. The van der Waals surface area contributed by atoms with Crippen molar-refractivity contribution in [2.24, 2.45) is 5.92 Å². The van der Waals surface area contributed by atoms with Crippen molar-refractivity contribution in [3.8, 4) is 0 Å². The number of halogens is 4. The van der Waals surface area contributed by atoms with E-state index in [1.165, 1.54) is 12.1 Å². The van der Waals surface area contributed by atoms with Gasteiger partial charge in [0.25, 0.3) is 5.91 Å². The Labute approximate surface area is 117 Å². The number of hydrogen-bond acceptors (Lipinski definition) is 2. The summed E-state index contributed by atoms with van der Waals surface area (Å²) in [5.74, 6) is -4.36. The first-order valence-corrected chi connectivity index (χ1v) is 6.10. The molecule has 1 aliphatic carbocycles. The van der Waals surface area contributed by atoms with Gasteiger partial charge in [0, 0.05) is 23.8 Å². The monoisotopic (exact) mass is 301 g/mol. The van der Waals surface area contributed by atoms with E-state index in [1.54, 1.807) is 18.2 Å². The number of benzene rings is 1. The van der Waals surface area contributed by atoms with E-state index in [-0.39, 0.29) is 11.3 Å². The quantitative estimate of drug-likeness (QED) is 0.854. The molecule has 0 saturated carbocycles. The Morgan fingerprint density at radius 3 is 2.38 bits per heavy atom. The van der Waals surface area contributed by atoms with Gasteiger partial charge in [-0.25, -0.2) is 4.39 Å². The first kappa shape index (κ1) is 15.2. The van der Waals surface area contributed by atoms with Gasteiger partial charge in [-0.1, -0.05) is 18.2 Å². The highest BCUT2D eigenvalue weighted by atomic mass is 19.4. The summed E-state index contributed by atoms with van der Waals surface area (Å²) in [4.78, 5) is 23.1. The van der Waals surface area contributed by atoms with E-state index in [2.05, 4.69) is 5.32 Å². The lowest BCUT2D eigenvalue weighted by Gasteiger charge is -2.27. The van der Waals surface area contributed by atoms with Crippen molar-refractivity contribution in [1.82, 2.24) is 5.32 Å². The van der Waals surface area contributed by atoms with Crippen LogP contribution < -0.4 is 5.32 Å². The Balaban J connectivity index is 2.15. The molecule has 1 aromatic carbocycles. The highest BCUT2D eigenvalue weighted by Crippen LogP contribution is 2.37. The predicted octanol–water partition coefficient (Wildman–Crippen LogP) is 2.79. The highest BCUT2D eigenvalue weighted by molar-refractivity contribution is 5.99. The molecule has 0 saturated heterocycles. The molecule has 2 unspecified atom stereocenters. The molecule has 21 heavy (non-hydrogen) atoms. The number of allylic oxidation sites excluding steroid dienone is 2. The van der Waals surface area contributed by atoms with Crippen LogP contribution in [0.5, 0.6) is 0 Å². The number of carbonyl (C=O) groups is 2. The standard InChI is InChI=1S/C14H11F4NO2/c15-12-10(14(16,17)18)6-9(7-11(12)20)19-13(21)8-4-2-1-3-5-8/h1-5,7,10,12H,6H2,(H,19,21). The Morgan fingerprint density at radius 2 is 1.81 bits per heavy atom. The van der Waals surface area contributed by atoms with E-state index >= 15 is 0 Å². The predicted molar refractivity (Wildman–Crippen MR) is 66.1 cm³/mol. The zero-order chi connectivity index (χ0) is 15.6. The number of ketones is 1. The molecule has 0 spiro atoms. The van der Waals surface area contributed by atoms with E-state index < -0.39 is 36.4 Å². The van der Waals surface area contributed by atoms with Crippen molar-refractivity contribution < 1.29 is 27.2 Å². The van der Waals surface area contributed by atoms with Crippen LogP contribution in [-0.2, 0) is 4.79 Å². The molecular weight excluding hydrogens is 290 g/mol. The molecule has 0 aromatic heterocycles. The molecule has 0 bridgehead atoms. The lowest BCUT2D eigenvalue weighted by molar-refractivity contribution is -0.192. The Morgan fingerprint density at radius 1 is 1.19 bits per heavy atom. The van der Waals surface area contributed by atoms with Crippen LogP contribution >= 0.6 is 0 Å². The Kier molecular flexibility index (Phi) is 4.11. The normalized spacial score (nSPS) is 22.7. The molecule has 0 radical (unpaired) electrons. The van der Waals surface area contributed by atoms with Gasteiger partial charge in [-0.15, -0.1) is 0 Å². The first-order valence-electron chi connectivity index (χ1n) is 6.10. The number of carbonyl (C=O) groups excluding carboxylic acids is 2. The second kappa shape index (κ2) is 5.67. The van der Waals surface area contributed by atoms with Crippen LogP contribution in [0.1, 0.15) is 16.8 Å². The number of amides is 1. The molecular formula is C14H11F4NO2. The summed E-state index contributed by atoms with van der Waals surface area (Å²) < 4.78 is 51.3. The van der Waals surface area contributed by atoms with E-state index in [0.717, 1.165) is 0 Å². The van der Waals surface area contributed by atoms with Gasteiger partial charge in [0.05, 0.1) is 5.92 Å². The lowest BCUT2D eigenvalue weighted by Crippen LogP contribution is -2.41. The van der Waals surface area contributed by atoms with E-state index in [9.17, 15) is 27.2 Å². The average Bonchev–Trinajstić information content (AvgIpc) is 2.42. The summed E-state index contributed by atoms with van der Waals surface area (Å²) in [5, 5.41) is 2.22. The summed E-state index contributed by atoms with van der Waals surface area (Å²) in [6, 6.07) is 7.80. The number of hydrogen-bond donors (Lipinski definition) is 1. The maximum atomic E-state index is 13.3. The minimum atomic E-state index is -4.84. The van der Waals surface area contributed by atoms with Crippen molar-refractivity contribution in [2.45, 2.75) is 18.8 Å². The lowest BCUT2D eigenvalue weighted by atomic mass is 9.88. The molecule has 2 rings (SSSR count). The molecule has 0 fully saturated rings. The van der Waals surface area contributed by atoms with Crippen molar-refractivity contribution in [1.29, 1.82) is 0 Å². The second-order valence-corrected chi connectivity index (χ2v) is 4.65. The van der Waals surface area contributed by atoms with Gasteiger partial charge in [-0.3, -0.25) is 9.59 Å². The molecule has 7 heteroatoms. The van der Waals surface area contributed by atoms with Crippen molar-refractivity contribution in [2.75, 3.05) is 0 Å². The van der Waals surface area contributed by atoms with Crippen molar-refractivity contribution >= 4 is 11.7 Å². The minimum absolute atomic E-state index is 0.231. The Hall–Kier alpha value is -2.18. The largest absolute Gasteiger partial charge is 0.395 e. The van der Waals surface area contributed by atoms with Crippen LogP contribution in [0.15, 0.2) is 42.1 Å². The Bertz CT molecular complexity index is 580. The summed E-state index contributed by atoms with van der Waals surface area (Å²) in [6.07, 6.45) is -7.52. The molecule has 112 valence electrons. The average molecular weight is 301 g/mol. The second-order valence-electron chi connectivity index (χ2n) is 4.65. The summed E-state index contributed by atoms with van der Waals surface area (Å²) in [5.41, 5.74) is 0.00172. The maximum absolute atomic E-state index is 13.3. The zero-order valence-corrected chi connectivity index (χ0v) is 10.7. The zero-order valence-electron chi connectivity index (χ0n) is 10.7. The molecule has 1 amide bonds. The first-order chi connectivity index (χ1) is 9.79. The van der Waals surface area contributed by atoms with E-state index in [4.69, 9.17) is 0 Å². The third kappa shape index (κ3) is 3.48. The number of alkyl halides is 4. The van der Waals surface area contributed by atoms with Gasteiger partial charge >= 0.3 is 6.18 Å². The van der Waals surface area contributed by atoms with Crippen molar-refractivity contribution in [3.05, 3.63) is 47.7 Å². The molecule has 1 aliphatic rings. The summed E-state index contributed by atoms with van der Waals surface area (Å²) in [7, 11) is 0. The fraction of sp³-hybridized carbons (Fsp3) is 0.286. The fourth-order valence-corrected chi connectivity index (χ4v) is 2.03. The van der Waals surface area contributed by atoms with E-state index in [0.29, 0.717) is 6.08 Å². The summed E-state index contributed by atoms with van der Waals surface area (Å²) >= 11 is 0. The molecule has 1 aromatic rings. The number of nitrogens with one attached hydrogen (secondary N) is 1. The van der Waals surface area contributed by atoms with Crippen LogP contribution in [0.4, 0.5) is 17.6 Å². The minimum Gasteiger partial charge on any atom is -0.326 e. The smallest absolute Gasteiger partial charge is 0.326 e. The van der Waals surface area contributed by atoms with Gasteiger partial charge in [-0.05, 0) is 12.1 Å². The van der Waals surface area contributed by atoms with Crippen LogP contribution in [0, 0.1) is 5.92 Å². The van der Waals surface area contributed by atoms with Gasteiger partial charge < -0.3 is 5.32 Å². The van der Waals surface area contributed by atoms with E-state index in [1.807, 2.05) is 0 Å². The maximum Gasteiger partial charge on any atom is 0.395 e. The fourth-order valence-electron chi connectivity index (χ4n) is 2.03. The molecule has 3 nitrogen and oxygen atoms in total.